The zero-order valence-corrected chi connectivity index (χ0v) is 17.1. The summed E-state index contributed by atoms with van der Waals surface area (Å²) in [6.07, 6.45) is 0. The molecule has 0 spiro atoms. The molecule has 2 aromatic heterocycles. The molecule has 0 aliphatic rings. The molecule has 0 atom stereocenters. The van der Waals surface area contributed by atoms with Gasteiger partial charge in [-0.05, 0) is 49.7 Å². The summed E-state index contributed by atoms with van der Waals surface area (Å²) in [5.74, 6) is 0.186. The van der Waals surface area contributed by atoms with Crippen molar-refractivity contribution in [3.63, 3.8) is 0 Å². The fourth-order valence-corrected chi connectivity index (χ4v) is 3.34. The van der Waals surface area contributed by atoms with Crippen molar-refractivity contribution in [2.45, 2.75) is 20.4 Å². The fraction of sp³-hybridized carbons (Fsp3) is 0.136. The zero-order valence-electron chi connectivity index (χ0n) is 16.4. The molecule has 2 heterocycles. The molecule has 0 bridgehead atoms. The molecule has 4 rings (SSSR count). The van der Waals surface area contributed by atoms with Gasteiger partial charge in [-0.1, -0.05) is 35.0 Å². The van der Waals surface area contributed by atoms with Crippen molar-refractivity contribution in [2.75, 3.05) is 5.32 Å². The van der Waals surface area contributed by atoms with E-state index in [1.54, 1.807) is 22.9 Å². The van der Waals surface area contributed by atoms with E-state index < -0.39 is 5.91 Å². The van der Waals surface area contributed by atoms with Crippen LogP contribution in [0, 0.1) is 13.8 Å². The van der Waals surface area contributed by atoms with Crippen molar-refractivity contribution in [1.29, 1.82) is 0 Å². The number of carbonyl (C=O) groups excluding carboxylic acids is 1. The van der Waals surface area contributed by atoms with Crippen LogP contribution in [0.25, 0.3) is 11.3 Å². The minimum absolute atomic E-state index is 0.149. The predicted octanol–water partition coefficient (Wildman–Crippen LogP) is 4.81. The second kappa shape index (κ2) is 8.04. The van der Waals surface area contributed by atoms with E-state index in [1.807, 2.05) is 38.1 Å². The molecule has 2 aromatic carbocycles. The first-order chi connectivity index (χ1) is 14.4. The maximum absolute atomic E-state index is 12.7. The Kier molecular flexibility index (Phi) is 5.29. The maximum atomic E-state index is 12.7. The lowest BCUT2D eigenvalue weighted by Crippen LogP contribution is -2.13. The molecule has 1 amide bonds. The summed E-state index contributed by atoms with van der Waals surface area (Å²) in [4.78, 5) is 12.7. The highest BCUT2D eigenvalue weighted by Crippen LogP contribution is 2.25. The van der Waals surface area contributed by atoms with Gasteiger partial charge in [0.25, 0.3) is 5.91 Å². The number of aromatic hydroxyl groups is 1. The maximum Gasteiger partial charge on any atom is 0.277 e. The first kappa shape index (κ1) is 19.7. The molecule has 2 N–H and O–H groups in total. The Bertz CT molecular complexity index is 1210. The van der Waals surface area contributed by atoms with Crippen LogP contribution in [0.15, 0.2) is 59.1 Å². The summed E-state index contributed by atoms with van der Waals surface area (Å²) in [6, 6.07) is 15.6. The first-order valence-corrected chi connectivity index (χ1v) is 9.65. The molecule has 4 aromatic rings. The Balaban J connectivity index is 1.53. The van der Waals surface area contributed by atoms with E-state index in [4.69, 9.17) is 16.1 Å². The van der Waals surface area contributed by atoms with Crippen molar-refractivity contribution in [1.82, 2.24) is 14.9 Å². The Morgan fingerprint density at radius 3 is 2.63 bits per heavy atom. The van der Waals surface area contributed by atoms with Gasteiger partial charge in [-0.2, -0.15) is 5.10 Å². The van der Waals surface area contributed by atoms with Gasteiger partial charge in [0.05, 0.1) is 23.6 Å². The molecule has 0 radical (unpaired) electrons. The molecule has 8 heteroatoms. The number of halogens is 1. The second-order valence-electron chi connectivity index (χ2n) is 6.87. The summed E-state index contributed by atoms with van der Waals surface area (Å²) in [6.45, 7) is 4.21. The number of aryl methyl sites for hydroxylation is 1. The molecule has 0 aliphatic heterocycles. The van der Waals surface area contributed by atoms with Crippen LogP contribution in [0.1, 0.15) is 27.4 Å². The number of benzene rings is 2. The third-order valence-electron chi connectivity index (χ3n) is 4.79. The lowest BCUT2D eigenvalue weighted by atomic mass is 10.1. The van der Waals surface area contributed by atoms with Gasteiger partial charge in [0.2, 0.25) is 0 Å². The number of phenolic OH excluding ortho intramolecular Hbond substituents is 1. The molecule has 0 saturated carbocycles. The quantitative estimate of drug-likeness (QED) is 0.481. The second-order valence-corrected chi connectivity index (χ2v) is 7.28. The monoisotopic (exact) mass is 422 g/mol. The average Bonchev–Trinajstić information content (AvgIpc) is 3.32. The fourth-order valence-electron chi connectivity index (χ4n) is 3.14. The van der Waals surface area contributed by atoms with Crippen LogP contribution in [0.5, 0.6) is 5.75 Å². The third-order valence-corrected chi connectivity index (χ3v) is 5.16. The Labute approximate surface area is 177 Å². The minimum atomic E-state index is -0.396. The lowest BCUT2D eigenvalue weighted by molar-refractivity contribution is 0.101. The number of amides is 1. The van der Waals surface area contributed by atoms with E-state index in [1.165, 1.54) is 12.1 Å². The van der Waals surface area contributed by atoms with Crippen LogP contribution < -0.4 is 5.32 Å². The molecule has 0 aliphatic carbocycles. The molecule has 0 fully saturated rings. The Morgan fingerprint density at radius 1 is 1.17 bits per heavy atom. The summed E-state index contributed by atoms with van der Waals surface area (Å²) in [5.41, 5.74) is 3.92. The number of hydrogen-bond acceptors (Lipinski definition) is 5. The molecule has 0 saturated heterocycles. The highest BCUT2D eigenvalue weighted by atomic mass is 35.5. The van der Waals surface area contributed by atoms with Crippen LogP contribution in [-0.4, -0.2) is 26.0 Å². The van der Waals surface area contributed by atoms with Gasteiger partial charge >= 0.3 is 0 Å². The molecular weight excluding hydrogens is 404 g/mol. The van der Waals surface area contributed by atoms with E-state index >= 15 is 0 Å². The van der Waals surface area contributed by atoms with Crippen molar-refractivity contribution in [3.8, 4) is 17.1 Å². The van der Waals surface area contributed by atoms with E-state index in [9.17, 15) is 9.90 Å². The summed E-state index contributed by atoms with van der Waals surface area (Å²) < 4.78 is 7.08. The van der Waals surface area contributed by atoms with Crippen molar-refractivity contribution < 1.29 is 14.4 Å². The minimum Gasteiger partial charge on any atom is -0.508 e. The van der Waals surface area contributed by atoms with E-state index in [2.05, 4.69) is 15.6 Å². The number of nitrogens with one attached hydrogen (secondary N) is 1. The predicted molar refractivity (Wildman–Crippen MR) is 114 cm³/mol. The number of nitrogens with zero attached hydrogens (tertiary/aromatic N) is 3. The van der Waals surface area contributed by atoms with Gasteiger partial charge in [0.15, 0.2) is 11.5 Å². The molecule has 0 unspecified atom stereocenters. The molecular formula is C22H19ClN4O3. The van der Waals surface area contributed by atoms with Crippen LogP contribution >= 0.6 is 11.6 Å². The number of anilines is 1. The number of carbonyl (C=O) groups is 1. The number of aromatic nitrogens is 3. The smallest absolute Gasteiger partial charge is 0.277 e. The Morgan fingerprint density at radius 2 is 1.90 bits per heavy atom. The normalized spacial score (nSPS) is 10.9. The SMILES string of the molecule is Cc1nn(Cc2ccccc2Cl)c(C)c1NC(=O)c1cc(-c2ccc(O)cc2)on1. The van der Waals surface area contributed by atoms with E-state index in [-0.39, 0.29) is 11.4 Å². The highest BCUT2D eigenvalue weighted by molar-refractivity contribution is 6.31. The van der Waals surface area contributed by atoms with Gasteiger partial charge < -0.3 is 14.9 Å². The Hall–Kier alpha value is -3.58. The number of rotatable bonds is 5. The summed E-state index contributed by atoms with van der Waals surface area (Å²) in [5, 5.41) is 21.3. The standard InChI is InChI=1S/C22H19ClN4O3/c1-13-21(14(2)27(25-13)12-16-5-3-4-6-18(16)23)24-22(29)19-11-20(30-26-19)15-7-9-17(28)10-8-15/h3-11,28H,12H2,1-2H3,(H,24,29). The van der Waals surface area contributed by atoms with Gasteiger partial charge in [-0.25, -0.2) is 0 Å². The van der Waals surface area contributed by atoms with Crippen LogP contribution in [0.4, 0.5) is 5.69 Å². The number of hydrogen-bond donors (Lipinski definition) is 2. The van der Waals surface area contributed by atoms with Gasteiger partial charge in [-0.3, -0.25) is 9.48 Å². The molecule has 7 nitrogen and oxygen atoms in total. The van der Waals surface area contributed by atoms with Gasteiger partial charge in [0.1, 0.15) is 5.75 Å². The average molecular weight is 423 g/mol. The van der Waals surface area contributed by atoms with Crippen LogP contribution in [0.3, 0.4) is 0 Å². The first-order valence-electron chi connectivity index (χ1n) is 9.27. The third kappa shape index (κ3) is 3.92. The van der Waals surface area contributed by atoms with Crippen LogP contribution in [-0.2, 0) is 6.54 Å². The topological polar surface area (TPSA) is 93.2 Å². The van der Waals surface area contributed by atoms with Crippen molar-refractivity contribution >= 4 is 23.2 Å². The number of phenols is 1. The molecule has 30 heavy (non-hydrogen) atoms. The highest BCUT2D eigenvalue weighted by Gasteiger charge is 2.19. The van der Waals surface area contributed by atoms with Gasteiger partial charge in [-0.15, -0.1) is 0 Å². The zero-order chi connectivity index (χ0) is 21.3. The lowest BCUT2D eigenvalue weighted by Gasteiger charge is -2.07. The van der Waals surface area contributed by atoms with E-state index in [0.29, 0.717) is 34.3 Å². The molecule has 152 valence electrons. The van der Waals surface area contributed by atoms with Crippen molar-refractivity contribution in [3.05, 3.63) is 82.3 Å². The summed E-state index contributed by atoms with van der Waals surface area (Å²) in [7, 11) is 0. The largest absolute Gasteiger partial charge is 0.508 e. The van der Waals surface area contributed by atoms with Crippen molar-refractivity contribution in [2.24, 2.45) is 0 Å². The van der Waals surface area contributed by atoms with Crippen LogP contribution in [0.2, 0.25) is 5.02 Å². The van der Waals surface area contributed by atoms with Gasteiger partial charge in [0, 0.05) is 16.7 Å². The van der Waals surface area contributed by atoms with E-state index in [0.717, 1.165) is 11.3 Å². The summed E-state index contributed by atoms with van der Waals surface area (Å²) >= 11 is 6.26.